The van der Waals surface area contributed by atoms with Gasteiger partial charge in [-0.25, -0.2) is 0 Å². The topological polar surface area (TPSA) is 98.2 Å². The van der Waals surface area contributed by atoms with Crippen LogP contribution in [0.1, 0.15) is 26.5 Å². The molecule has 3 aromatic rings. The van der Waals surface area contributed by atoms with Gasteiger partial charge in [0.1, 0.15) is 17.0 Å². The Bertz CT molecular complexity index is 901. The minimum atomic E-state index is -0.558. The lowest BCUT2D eigenvalue weighted by atomic mass is 10.1. The number of carbonyl (C=O) groups excluding carboxylic acids is 2. The summed E-state index contributed by atoms with van der Waals surface area (Å²) in [4.78, 5) is 23.9. The smallest absolute Gasteiger partial charge is 0.261 e. The number of anilines is 1. The van der Waals surface area contributed by atoms with Crippen molar-refractivity contribution < 1.29 is 14.1 Å². The van der Waals surface area contributed by atoms with E-state index in [9.17, 15) is 9.59 Å². The summed E-state index contributed by atoms with van der Waals surface area (Å²) in [5.41, 5.74) is 7.65. The molecule has 6 heteroatoms. The molecule has 0 unspecified atom stereocenters. The van der Waals surface area contributed by atoms with E-state index >= 15 is 0 Å². The van der Waals surface area contributed by atoms with Gasteiger partial charge in [0.05, 0.1) is 0 Å². The summed E-state index contributed by atoms with van der Waals surface area (Å²) in [7, 11) is 0. The summed E-state index contributed by atoms with van der Waals surface area (Å²) in [5, 5.41) is 6.73. The van der Waals surface area contributed by atoms with Gasteiger partial charge in [-0.2, -0.15) is 0 Å². The SMILES string of the molecule is Cc1onc(-c2ccccc2)c1C(=O)Nc1cccc(C(N)=O)c1. The maximum atomic E-state index is 12.6. The van der Waals surface area contributed by atoms with Crippen LogP contribution in [0, 0.1) is 6.92 Å². The number of nitrogens with two attached hydrogens (primary N) is 1. The van der Waals surface area contributed by atoms with Gasteiger partial charge in [-0.3, -0.25) is 9.59 Å². The molecule has 0 saturated heterocycles. The quantitative estimate of drug-likeness (QED) is 0.771. The second-order valence-corrected chi connectivity index (χ2v) is 5.23. The predicted molar refractivity (Wildman–Crippen MR) is 89.6 cm³/mol. The van der Waals surface area contributed by atoms with E-state index in [-0.39, 0.29) is 5.91 Å². The van der Waals surface area contributed by atoms with Crippen molar-refractivity contribution in [3.8, 4) is 11.3 Å². The highest BCUT2D eigenvalue weighted by molar-refractivity contribution is 6.09. The number of nitrogens with one attached hydrogen (secondary N) is 1. The molecule has 3 rings (SSSR count). The molecule has 1 heterocycles. The monoisotopic (exact) mass is 321 g/mol. The molecule has 0 fully saturated rings. The van der Waals surface area contributed by atoms with Crippen molar-refractivity contribution >= 4 is 17.5 Å². The van der Waals surface area contributed by atoms with Gasteiger partial charge in [0.25, 0.3) is 5.91 Å². The molecule has 120 valence electrons. The fourth-order valence-electron chi connectivity index (χ4n) is 2.38. The Morgan fingerprint density at radius 1 is 1.08 bits per heavy atom. The summed E-state index contributed by atoms with van der Waals surface area (Å²) in [6.45, 7) is 1.67. The molecule has 1 aromatic heterocycles. The molecule has 0 aliphatic heterocycles. The molecule has 24 heavy (non-hydrogen) atoms. The Hall–Kier alpha value is -3.41. The molecule has 6 nitrogen and oxygen atoms in total. The van der Waals surface area contributed by atoms with Crippen molar-refractivity contribution in [3.63, 3.8) is 0 Å². The second-order valence-electron chi connectivity index (χ2n) is 5.23. The lowest BCUT2D eigenvalue weighted by Gasteiger charge is -2.07. The second kappa shape index (κ2) is 6.37. The zero-order valence-electron chi connectivity index (χ0n) is 12.9. The van der Waals surface area contributed by atoms with Crippen LogP contribution in [0.2, 0.25) is 0 Å². The lowest BCUT2D eigenvalue weighted by Crippen LogP contribution is -2.15. The van der Waals surface area contributed by atoms with E-state index in [0.717, 1.165) is 5.56 Å². The van der Waals surface area contributed by atoms with E-state index in [2.05, 4.69) is 10.5 Å². The molecule has 0 radical (unpaired) electrons. The van der Waals surface area contributed by atoms with Crippen LogP contribution < -0.4 is 11.1 Å². The van der Waals surface area contributed by atoms with Gasteiger partial charge in [-0.05, 0) is 25.1 Å². The average molecular weight is 321 g/mol. The highest BCUT2D eigenvalue weighted by atomic mass is 16.5. The maximum Gasteiger partial charge on any atom is 0.261 e. The van der Waals surface area contributed by atoms with E-state index in [0.29, 0.717) is 28.3 Å². The number of primary amides is 1. The highest BCUT2D eigenvalue weighted by Gasteiger charge is 2.21. The number of benzene rings is 2. The summed E-state index contributed by atoms with van der Waals surface area (Å²) in [5.74, 6) is -0.510. The third-order valence-corrected chi connectivity index (χ3v) is 3.54. The van der Waals surface area contributed by atoms with Gasteiger partial charge in [0, 0.05) is 16.8 Å². The van der Waals surface area contributed by atoms with Gasteiger partial charge >= 0.3 is 0 Å². The van der Waals surface area contributed by atoms with E-state index in [1.165, 1.54) is 6.07 Å². The number of hydrogen-bond acceptors (Lipinski definition) is 4. The van der Waals surface area contributed by atoms with Crippen LogP contribution in [0.4, 0.5) is 5.69 Å². The standard InChI is InChI=1S/C18H15N3O3/c1-11-15(16(21-24-11)12-6-3-2-4-7-12)18(23)20-14-9-5-8-13(10-14)17(19)22/h2-10H,1H3,(H2,19,22)(H,20,23). The molecule has 0 bridgehead atoms. The Labute approximate surface area is 138 Å². The number of aryl methyl sites for hydroxylation is 1. The molecule has 0 saturated carbocycles. The lowest BCUT2D eigenvalue weighted by molar-refractivity contribution is 0.0996. The number of aromatic nitrogens is 1. The van der Waals surface area contributed by atoms with Gasteiger partial charge in [0.2, 0.25) is 5.91 Å². The van der Waals surface area contributed by atoms with Crippen molar-refractivity contribution in [1.29, 1.82) is 0 Å². The van der Waals surface area contributed by atoms with Gasteiger partial charge in [0.15, 0.2) is 0 Å². The van der Waals surface area contributed by atoms with Crippen molar-refractivity contribution in [2.24, 2.45) is 5.73 Å². The van der Waals surface area contributed by atoms with E-state index in [1.54, 1.807) is 25.1 Å². The van der Waals surface area contributed by atoms with E-state index < -0.39 is 5.91 Å². The summed E-state index contributed by atoms with van der Waals surface area (Å²) >= 11 is 0. The minimum absolute atomic E-state index is 0.318. The van der Waals surface area contributed by atoms with Crippen molar-refractivity contribution in [3.05, 3.63) is 71.5 Å². The first-order chi connectivity index (χ1) is 11.6. The summed E-state index contributed by atoms with van der Waals surface area (Å²) in [6, 6.07) is 15.7. The molecule has 3 N–H and O–H groups in total. The zero-order chi connectivity index (χ0) is 17.1. The van der Waals surface area contributed by atoms with Crippen LogP contribution in [-0.4, -0.2) is 17.0 Å². The van der Waals surface area contributed by atoms with Crippen LogP contribution in [0.5, 0.6) is 0 Å². The molecular weight excluding hydrogens is 306 g/mol. The normalized spacial score (nSPS) is 10.4. The third-order valence-electron chi connectivity index (χ3n) is 3.54. The van der Waals surface area contributed by atoms with Crippen molar-refractivity contribution in [2.45, 2.75) is 6.92 Å². The molecule has 2 aromatic carbocycles. The number of nitrogens with zero attached hydrogens (tertiary/aromatic N) is 1. The molecule has 0 aliphatic rings. The van der Waals surface area contributed by atoms with Crippen LogP contribution in [-0.2, 0) is 0 Å². The number of carbonyl (C=O) groups is 2. The average Bonchev–Trinajstić information content (AvgIpc) is 2.97. The van der Waals surface area contributed by atoms with Crippen molar-refractivity contribution in [1.82, 2.24) is 5.16 Å². The molecule has 0 atom stereocenters. The van der Waals surface area contributed by atoms with Crippen LogP contribution in [0.15, 0.2) is 59.1 Å². The van der Waals surface area contributed by atoms with Gasteiger partial charge < -0.3 is 15.6 Å². The van der Waals surface area contributed by atoms with Gasteiger partial charge in [-0.15, -0.1) is 0 Å². The minimum Gasteiger partial charge on any atom is -0.366 e. The Kier molecular flexibility index (Phi) is 4.11. The maximum absolute atomic E-state index is 12.6. The summed E-state index contributed by atoms with van der Waals surface area (Å²) in [6.07, 6.45) is 0. The number of hydrogen-bond donors (Lipinski definition) is 2. The van der Waals surface area contributed by atoms with E-state index in [1.807, 2.05) is 30.3 Å². The molecule has 0 spiro atoms. The predicted octanol–water partition coefficient (Wildman–Crippen LogP) is 3.00. The van der Waals surface area contributed by atoms with Crippen molar-refractivity contribution in [2.75, 3.05) is 5.32 Å². The third kappa shape index (κ3) is 3.03. The largest absolute Gasteiger partial charge is 0.366 e. The first kappa shape index (κ1) is 15.5. The Morgan fingerprint density at radius 3 is 2.54 bits per heavy atom. The number of amides is 2. The first-order valence-electron chi connectivity index (χ1n) is 7.29. The Morgan fingerprint density at radius 2 is 1.83 bits per heavy atom. The van der Waals surface area contributed by atoms with Crippen LogP contribution >= 0.6 is 0 Å². The summed E-state index contributed by atoms with van der Waals surface area (Å²) < 4.78 is 5.19. The number of rotatable bonds is 4. The van der Waals surface area contributed by atoms with Crippen LogP contribution in [0.25, 0.3) is 11.3 Å². The van der Waals surface area contributed by atoms with Crippen LogP contribution in [0.3, 0.4) is 0 Å². The van der Waals surface area contributed by atoms with E-state index in [4.69, 9.17) is 10.3 Å². The molecular formula is C18H15N3O3. The molecule has 2 amide bonds. The highest BCUT2D eigenvalue weighted by Crippen LogP contribution is 2.26. The fraction of sp³-hybridized carbons (Fsp3) is 0.0556. The molecule has 0 aliphatic carbocycles. The zero-order valence-corrected chi connectivity index (χ0v) is 12.9. The fourth-order valence-corrected chi connectivity index (χ4v) is 2.38. The first-order valence-corrected chi connectivity index (χ1v) is 7.29. The van der Waals surface area contributed by atoms with Gasteiger partial charge in [-0.1, -0.05) is 41.6 Å². The Balaban J connectivity index is 1.93.